The average Bonchev–Trinajstić information content (AvgIpc) is 1.88. The molecular formula is C6H4FNO2. The maximum absolute atomic E-state index is 12.3. The van der Waals surface area contributed by atoms with E-state index in [1.807, 2.05) is 0 Å². The van der Waals surface area contributed by atoms with Crippen molar-refractivity contribution in [3.8, 4) is 0 Å². The molecule has 1 rings (SSSR count). The summed E-state index contributed by atoms with van der Waals surface area (Å²) in [5.41, 5.74) is -0.400. The predicted molar refractivity (Wildman–Crippen MR) is 31.2 cm³/mol. The van der Waals surface area contributed by atoms with E-state index in [-0.39, 0.29) is 0 Å². The van der Waals surface area contributed by atoms with Gasteiger partial charge in [0.1, 0.15) is 5.56 Å². The maximum atomic E-state index is 12.3. The first-order chi connectivity index (χ1) is 4.72. The number of carboxylic acid groups (broad SMARTS) is 1. The summed E-state index contributed by atoms with van der Waals surface area (Å²) in [5.74, 6) is -2.25. The van der Waals surface area contributed by atoms with Crippen LogP contribution in [0.2, 0.25) is 0 Å². The molecule has 0 bridgehead atoms. The molecule has 4 heteroatoms. The monoisotopic (exact) mass is 140 g/mol. The molecule has 1 heterocycles. The fraction of sp³-hybridized carbons (Fsp3) is 0. The Labute approximate surface area is 56.1 Å². The molecule has 0 atom stereocenters. The summed E-state index contributed by atoms with van der Waals surface area (Å²) >= 11 is 0. The van der Waals surface area contributed by atoms with Gasteiger partial charge in [0.05, 0.1) is 0 Å². The van der Waals surface area contributed by atoms with Gasteiger partial charge in [-0.15, -0.1) is 0 Å². The second-order valence-electron chi connectivity index (χ2n) is 1.65. The number of aromatic nitrogens is 1. The Bertz CT molecular complexity index is 262. The van der Waals surface area contributed by atoms with E-state index >= 15 is 0 Å². The van der Waals surface area contributed by atoms with E-state index < -0.39 is 17.5 Å². The van der Waals surface area contributed by atoms with Gasteiger partial charge < -0.3 is 5.11 Å². The fourth-order valence-corrected chi connectivity index (χ4v) is 0.546. The molecule has 0 unspecified atom stereocenters. The first kappa shape index (κ1) is 6.67. The predicted octanol–water partition coefficient (Wildman–Crippen LogP) is 0.919. The zero-order valence-electron chi connectivity index (χ0n) is 4.91. The highest BCUT2D eigenvalue weighted by Crippen LogP contribution is 2.01. The Morgan fingerprint density at radius 1 is 1.70 bits per heavy atom. The number of hydrogen-bond acceptors (Lipinski definition) is 2. The van der Waals surface area contributed by atoms with Gasteiger partial charge in [0.2, 0.25) is 5.95 Å². The van der Waals surface area contributed by atoms with Crippen molar-refractivity contribution >= 4 is 5.97 Å². The number of rotatable bonds is 1. The summed E-state index contributed by atoms with van der Waals surface area (Å²) in [7, 11) is 0. The normalized spacial score (nSPS) is 9.30. The highest BCUT2D eigenvalue weighted by Gasteiger charge is 2.08. The van der Waals surface area contributed by atoms with Crippen molar-refractivity contribution < 1.29 is 14.3 Å². The first-order valence-corrected chi connectivity index (χ1v) is 2.55. The second kappa shape index (κ2) is 2.43. The minimum atomic E-state index is -1.30. The van der Waals surface area contributed by atoms with Gasteiger partial charge in [0, 0.05) is 6.20 Å². The number of nitrogens with zero attached hydrogens (tertiary/aromatic N) is 1. The third-order valence-corrected chi connectivity index (χ3v) is 0.989. The Morgan fingerprint density at radius 3 is 2.80 bits per heavy atom. The number of aromatic carboxylic acids is 1. The number of carboxylic acids is 1. The van der Waals surface area contributed by atoms with Crippen LogP contribution in [-0.2, 0) is 0 Å². The van der Waals surface area contributed by atoms with Crippen molar-refractivity contribution in [2.24, 2.45) is 0 Å². The molecule has 1 aromatic rings. The summed E-state index contributed by atoms with van der Waals surface area (Å²) in [4.78, 5) is 13.3. The van der Waals surface area contributed by atoms with Crippen molar-refractivity contribution in [2.45, 2.75) is 0 Å². The molecule has 0 fully saturated rings. The Hall–Kier alpha value is -1.45. The summed E-state index contributed by atoms with van der Waals surface area (Å²) in [6, 6.07) is 2.52. The van der Waals surface area contributed by atoms with Gasteiger partial charge in [-0.05, 0) is 12.1 Å². The Balaban J connectivity index is 3.15. The molecule has 0 aromatic carbocycles. The zero-order valence-corrected chi connectivity index (χ0v) is 4.91. The molecule has 1 N–H and O–H groups in total. The molecule has 0 aliphatic heterocycles. The molecule has 0 amide bonds. The van der Waals surface area contributed by atoms with Crippen LogP contribution in [0.3, 0.4) is 0 Å². The highest BCUT2D eigenvalue weighted by atomic mass is 18.2. The number of carbonyl (C=O) groups is 1. The van der Waals surface area contributed by atoms with Crippen LogP contribution in [0.5, 0.6) is 0 Å². The molecule has 0 aliphatic carbocycles. The molecule has 0 radical (unpaired) electrons. The van der Waals surface area contributed by atoms with Crippen molar-refractivity contribution in [2.75, 3.05) is 0 Å². The summed E-state index contributed by atoms with van der Waals surface area (Å²) < 4.78 is 12.3. The lowest BCUT2D eigenvalue weighted by atomic mass is 10.3. The van der Waals surface area contributed by atoms with E-state index in [4.69, 9.17) is 5.11 Å². The molecular weight excluding hydrogens is 136 g/mol. The lowest BCUT2D eigenvalue weighted by Crippen LogP contribution is -2.01. The minimum Gasteiger partial charge on any atom is -0.478 e. The molecule has 1 aromatic heterocycles. The first-order valence-electron chi connectivity index (χ1n) is 2.55. The largest absolute Gasteiger partial charge is 0.478 e. The molecule has 0 aliphatic rings. The maximum Gasteiger partial charge on any atom is 0.340 e. The van der Waals surface area contributed by atoms with Crippen molar-refractivity contribution in [1.82, 2.24) is 4.98 Å². The van der Waals surface area contributed by atoms with E-state index in [2.05, 4.69) is 4.98 Å². The zero-order chi connectivity index (χ0) is 7.56. The van der Waals surface area contributed by atoms with Gasteiger partial charge in [-0.25, -0.2) is 9.78 Å². The van der Waals surface area contributed by atoms with Crippen LogP contribution in [0, 0.1) is 5.95 Å². The number of halogens is 1. The highest BCUT2D eigenvalue weighted by molar-refractivity contribution is 5.87. The summed E-state index contributed by atoms with van der Waals surface area (Å²) in [5, 5.41) is 8.29. The van der Waals surface area contributed by atoms with Gasteiger partial charge >= 0.3 is 5.97 Å². The average molecular weight is 140 g/mol. The quantitative estimate of drug-likeness (QED) is 0.590. The van der Waals surface area contributed by atoms with Gasteiger partial charge in [0.15, 0.2) is 0 Å². The van der Waals surface area contributed by atoms with E-state index in [1.165, 1.54) is 12.3 Å². The van der Waals surface area contributed by atoms with Gasteiger partial charge in [-0.1, -0.05) is 0 Å². The standard InChI is InChI=1S/C6H4FNO2/c7-5-4(6(9)10)2-1-3-8-5/h1-3H,(H,9,10)/i7-1. The molecule has 0 saturated heterocycles. The van der Waals surface area contributed by atoms with Gasteiger partial charge in [-0.2, -0.15) is 4.39 Å². The number of pyridine rings is 1. The van der Waals surface area contributed by atoms with E-state index in [0.29, 0.717) is 0 Å². The van der Waals surface area contributed by atoms with Crippen LogP contribution in [0.4, 0.5) is 4.39 Å². The van der Waals surface area contributed by atoms with Crippen LogP contribution >= 0.6 is 0 Å². The van der Waals surface area contributed by atoms with E-state index in [9.17, 15) is 9.18 Å². The lowest BCUT2D eigenvalue weighted by molar-refractivity contribution is 0.0691. The minimum absolute atomic E-state index is 0.400. The van der Waals surface area contributed by atoms with Gasteiger partial charge in [-0.3, -0.25) is 0 Å². The van der Waals surface area contributed by atoms with Crippen LogP contribution in [-0.4, -0.2) is 16.1 Å². The molecule has 3 nitrogen and oxygen atoms in total. The molecule has 52 valence electrons. The molecule has 0 spiro atoms. The number of hydrogen-bond donors (Lipinski definition) is 1. The van der Waals surface area contributed by atoms with Crippen molar-refractivity contribution in [1.29, 1.82) is 0 Å². The Kier molecular flexibility index (Phi) is 1.62. The Morgan fingerprint density at radius 2 is 2.40 bits per heavy atom. The summed E-state index contributed by atoms with van der Waals surface area (Å²) in [6.07, 6.45) is 1.20. The SMILES string of the molecule is O=C(O)c1cccnc1[18F]. The van der Waals surface area contributed by atoms with Crippen LogP contribution in [0.1, 0.15) is 10.4 Å². The van der Waals surface area contributed by atoms with E-state index in [0.717, 1.165) is 6.07 Å². The third-order valence-electron chi connectivity index (χ3n) is 0.989. The second-order valence-corrected chi connectivity index (χ2v) is 1.65. The van der Waals surface area contributed by atoms with Crippen molar-refractivity contribution in [3.63, 3.8) is 0 Å². The fourth-order valence-electron chi connectivity index (χ4n) is 0.546. The van der Waals surface area contributed by atoms with Crippen LogP contribution < -0.4 is 0 Å². The van der Waals surface area contributed by atoms with Crippen molar-refractivity contribution in [3.05, 3.63) is 29.8 Å². The van der Waals surface area contributed by atoms with Crippen LogP contribution in [0.25, 0.3) is 0 Å². The van der Waals surface area contributed by atoms with E-state index in [1.54, 1.807) is 0 Å². The topological polar surface area (TPSA) is 50.2 Å². The van der Waals surface area contributed by atoms with Gasteiger partial charge in [0.25, 0.3) is 0 Å². The smallest absolute Gasteiger partial charge is 0.340 e. The lowest BCUT2D eigenvalue weighted by Gasteiger charge is -1.91. The third kappa shape index (κ3) is 1.10. The molecule has 0 saturated carbocycles. The summed E-state index contributed by atoms with van der Waals surface area (Å²) in [6.45, 7) is 0. The molecule has 10 heavy (non-hydrogen) atoms. The van der Waals surface area contributed by atoms with Crippen LogP contribution in [0.15, 0.2) is 18.3 Å².